The van der Waals surface area contributed by atoms with Crippen molar-refractivity contribution in [2.75, 3.05) is 19.0 Å². The van der Waals surface area contributed by atoms with Crippen LogP contribution in [0.3, 0.4) is 0 Å². The molecule has 0 spiro atoms. The Morgan fingerprint density at radius 2 is 2.03 bits per heavy atom. The molecule has 0 saturated carbocycles. The third kappa shape index (κ3) is 5.61. The Morgan fingerprint density at radius 3 is 2.76 bits per heavy atom. The van der Waals surface area contributed by atoms with Crippen molar-refractivity contribution in [2.24, 2.45) is 0 Å². The summed E-state index contributed by atoms with van der Waals surface area (Å²) in [5, 5.41) is 6.02. The highest BCUT2D eigenvalue weighted by molar-refractivity contribution is 5.95. The summed E-state index contributed by atoms with van der Waals surface area (Å²) in [5.74, 6) is -0.225. The molecule has 3 aromatic rings. The van der Waals surface area contributed by atoms with Gasteiger partial charge in [0.25, 0.3) is 5.91 Å². The molecule has 0 aliphatic carbocycles. The minimum atomic E-state index is -0.747. The molecule has 1 aliphatic heterocycles. The van der Waals surface area contributed by atoms with Crippen LogP contribution in [-0.2, 0) is 33.8 Å². The maximum Gasteiger partial charge on any atom is 0.308 e. The van der Waals surface area contributed by atoms with Gasteiger partial charge in [-0.3, -0.25) is 14.4 Å². The number of nitrogens with one attached hydrogen (secondary N) is 3. The number of hydrogen-bond acceptors (Lipinski definition) is 6. The number of aromatic nitrogens is 2. The zero-order valence-electron chi connectivity index (χ0n) is 18.9. The summed E-state index contributed by atoms with van der Waals surface area (Å²) in [5.41, 5.74) is 3.11. The number of esters is 1. The lowest BCUT2D eigenvalue weighted by molar-refractivity contribution is -0.144. The van der Waals surface area contributed by atoms with Crippen LogP contribution in [0.5, 0.6) is 0 Å². The molecule has 0 bridgehead atoms. The van der Waals surface area contributed by atoms with Crippen LogP contribution >= 0.6 is 0 Å². The molecular weight excluding hydrogens is 434 g/mol. The first-order valence-corrected chi connectivity index (χ1v) is 11.1. The van der Waals surface area contributed by atoms with Crippen molar-refractivity contribution in [3.8, 4) is 0 Å². The molecule has 4 rings (SSSR count). The van der Waals surface area contributed by atoms with Gasteiger partial charge < -0.3 is 25.3 Å². The van der Waals surface area contributed by atoms with Crippen LogP contribution in [0.25, 0.3) is 0 Å². The first-order chi connectivity index (χ1) is 16.5. The van der Waals surface area contributed by atoms with E-state index in [2.05, 4.69) is 20.6 Å². The lowest BCUT2D eigenvalue weighted by Crippen LogP contribution is -2.42. The second-order valence-corrected chi connectivity index (χ2v) is 8.06. The van der Waals surface area contributed by atoms with Gasteiger partial charge in [-0.15, -0.1) is 0 Å². The molecule has 9 nitrogen and oxygen atoms in total. The number of nitrogens with zero attached hydrogens (tertiary/aromatic N) is 2. The highest BCUT2D eigenvalue weighted by atomic mass is 16.5. The molecule has 2 aromatic carbocycles. The number of carbonyl (C=O) groups is 3. The van der Waals surface area contributed by atoms with Crippen molar-refractivity contribution in [1.29, 1.82) is 0 Å². The molecule has 0 radical (unpaired) electrons. The van der Waals surface area contributed by atoms with Crippen molar-refractivity contribution >= 4 is 23.5 Å². The molecule has 1 atom stereocenters. The van der Waals surface area contributed by atoms with E-state index in [1.54, 1.807) is 35.5 Å². The molecule has 1 aliphatic rings. The summed E-state index contributed by atoms with van der Waals surface area (Å²) in [4.78, 5) is 46.7. The number of amides is 2. The number of fused-ring (bicyclic) bond motifs is 1. The Kier molecular flexibility index (Phi) is 7.22. The highest BCUT2D eigenvalue weighted by Crippen LogP contribution is 2.26. The topological polar surface area (TPSA) is 116 Å². The van der Waals surface area contributed by atoms with Crippen molar-refractivity contribution in [3.05, 3.63) is 83.4 Å². The maximum absolute atomic E-state index is 13.3. The fourth-order valence-electron chi connectivity index (χ4n) is 3.91. The van der Waals surface area contributed by atoms with E-state index in [4.69, 9.17) is 4.74 Å². The molecular formula is C25H27N5O4. The Balaban J connectivity index is 1.54. The van der Waals surface area contributed by atoms with Crippen molar-refractivity contribution < 1.29 is 19.1 Å². The molecule has 3 N–H and O–H groups in total. The van der Waals surface area contributed by atoms with Gasteiger partial charge in [0, 0.05) is 36.7 Å². The van der Waals surface area contributed by atoms with Crippen LogP contribution in [0.1, 0.15) is 33.7 Å². The van der Waals surface area contributed by atoms with E-state index in [0.29, 0.717) is 36.6 Å². The first kappa shape index (κ1) is 23.0. The average molecular weight is 462 g/mol. The van der Waals surface area contributed by atoms with Gasteiger partial charge in [0.15, 0.2) is 0 Å². The molecule has 176 valence electrons. The molecule has 1 aromatic heterocycles. The zero-order chi connectivity index (χ0) is 23.9. The number of imidazole rings is 1. The van der Waals surface area contributed by atoms with Crippen molar-refractivity contribution in [1.82, 2.24) is 20.2 Å². The number of anilines is 1. The predicted molar refractivity (Wildman–Crippen MR) is 126 cm³/mol. The number of methoxy groups -OCH3 is 1. The molecule has 9 heteroatoms. The average Bonchev–Trinajstić information content (AvgIpc) is 3.35. The molecule has 2 heterocycles. The normalized spacial score (nSPS) is 15.1. The number of carbonyl (C=O) groups excluding carboxylic acids is 3. The molecule has 0 saturated heterocycles. The fraction of sp³-hybridized carbons (Fsp3) is 0.280. The molecule has 34 heavy (non-hydrogen) atoms. The summed E-state index contributed by atoms with van der Waals surface area (Å²) in [6, 6.07) is 14.4. The summed E-state index contributed by atoms with van der Waals surface area (Å²) >= 11 is 0. The van der Waals surface area contributed by atoms with E-state index in [1.807, 2.05) is 30.3 Å². The van der Waals surface area contributed by atoms with Crippen LogP contribution in [0.4, 0.5) is 5.69 Å². The van der Waals surface area contributed by atoms with Crippen molar-refractivity contribution in [2.45, 2.75) is 32.0 Å². The lowest BCUT2D eigenvalue weighted by Gasteiger charge is -2.24. The number of benzene rings is 2. The summed E-state index contributed by atoms with van der Waals surface area (Å²) in [7, 11) is 1.30. The third-order valence-corrected chi connectivity index (χ3v) is 5.75. The Labute approximate surface area is 197 Å². The summed E-state index contributed by atoms with van der Waals surface area (Å²) in [6.07, 6.45) is 3.92. The van der Waals surface area contributed by atoms with Gasteiger partial charge in [-0.05, 0) is 35.7 Å². The molecule has 0 fully saturated rings. The SMILES string of the molecule is COC(=O)CC1Nc2ccc(C(=O)NCc3ncc[nH]3)cc2CN(CCc2ccccc2)C1=O. The number of rotatable bonds is 8. The van der Waals surface area contributed by atoms with E-state index in [0.717, 1.165) is 11.1 Å². The van der Waals surface area contributed by atoms with Crippen LogP contribution in [-0.4, -0.2) is 52.3 Å². The Bertz CT molecular complexity index is 1150. The fourth-order valence-corrected chi connectivity index (χ4v) is 3.91. The monoisotopic (exact) mass is 461 g/mol. The van der Waals surface area contributed by atoms with Gasteiger partial charge in [-0.25, -0.2) is 4.98 Å². The quantitative estimate of drug-likeness (QED) is 0.443. The van der Waals surface area contributed by atoms with Crippen LogP contribution in [0.2, 0.25) is 0 Å². The third-order valence-electron chi connectivity index (χ3n) is 5.75. The van der Waals surface area contributed by atoms with Gasteiger partial charge in [-0.2, -0.15) is 0 Å². The van der Waals surface area contributed by atoms with Gasteiger partial charge in [0.2, 0.25) is 5.91 Å². The second kappa shape index (κ2) is 10.7. The van der Waals surface area contributed by atoms with Gasteiger partial charge in [-0.1, -0.05) is 30.3 Å². The predicted octanol–water partition coefficient (Wildman–Crippen LogP) is 2.27. The Hall–Kier alpha value is -4.14. The van der Waals surface area contributed by atoms with E-state index in [9.17, 15) is 14.4 Å². The summed E-state index contributed by atoms with van der Waals surface area (Å²) < 4.78 is 4.79. The summed E-state index contributed by atoms with van der Waals surface area (Å²) in [6.45, 7) is 1.09. The van der Waals surface area contributed by atoms with E-state index in [-0.39, 0.29) is 24.8 Å². The smallest absolute Gasteiger partial charge is 0.308 e. The van der Waals surface area contributed by atoms with Crippen LogP contribution < -0.4 is 10.6 Å². The van der Waals surface area contributed by atoms with Gasteiger partial charge in [0.1, 0.15) is 11.9 Å². The number of H-pyrrole nitrogens is 1. The van der Waals surface area contributed by atoms with E-state index < -0.39 is 12.0 Å². The second-order valence-electron chi connectivity index (χ2n) is 8.06. The van der Waals surface area contributed by atoms with Crippen LogP contribution in [0.15, 0.2) is 60.9 Å². The standard InChI is InChI=1S/C25H27N5O4/c1-34-23(31)14-21-25(33)30(12-9-17-5-3-2-4-6-17)16-19-13-18(7-8-20(19)29-21)24(32)28-15-22-26-10-11-27-22/h2-8,10-11,13,21,29H,9,12,14-16H2,1H3,(H,26,27)(H,28,32). The van der Waals surface area contributed by atoms with Crippen molar-refractivity contribution in [3.63, 3.8) is 0 Å². The van der Waals surface area contributed by atoms with Gasteiger partial charge in [0.05, 0.1) is 20.1 Å². The molecule has 1 unspecified atom stereocenters. The highest BCUT2D eigenvalue weighted by Gasteiger charge is 2.31. The largest absolute Gasteiger partial charge is 0.469 e. The molecule has 2 amide bonds. The minimum absolute atomic E-state index is 0.0814. The van der Waals surface area contributed by atoms with E-state index in [1.165, 1.54) is 7.11 Å². The van der Waals surface area contributed by atoms with Crippen LogP contribution in [0, 0.1) is 0 Å². The minimum Gasteiger partial charge on any atom is -0.469 e. The maximum atomic E-state index is 13.3. The van der Waals surface area contributed by atoms with Gasteiger partial charge >= 0.3 is 5.97 Å². The number of ether oxygens (including phenoxy) is 1. The number of aromatic amines is 1. The zero-order valence-corrected chi connectivity index (χ0v) is 18.9. The number of hydrogen-bond donors (Lipinski definition) is 3. The lowest BCUT2D eigenvalue weighted by atomic mass is 10.1. The van der Waals surface area contributed by atoms with E-state index >= 15 is 0 Å². The first-order valence-electron chi connectivity index (χ1n) is 11.1. The Morgan fingerprint density at radius 1 is 1.21 bits per heavy atom.